The van der Waals surface area contributed by atoms with E-state index in [1.54, 1.807) is 11.5 Å². The lowest BCUT2D eigenvalue weighted by Gasteiger charge is -2.06. The topological polar surface area (TPSA) is 38.3 Å². The zero-order chi connectivity index (χ0) is 14.5. The smallest absolute Gasteiger partial charge is 0.268 e. The quantitative estimate of drug-likeness (QED) is 0.675. The fourth-order valence-electron chi connectivity index (χ4n) is 1.16. The van der Waals surface area contributed by atoms with Crippen LogP contribution in [0.25, 0.3) is 6.08 Å². The Balaban J connectivity index is 2.50. The van der Waals surface area contributed by atoms with Crippen molar-refractivity contribution < 1.29 is 22.8 Å². The molecule has 0 saturated heterocycles. The molecule has 0 unspecified atom stereocenters. The van der Waals surface area contributed by atoms with Crippen molar-refractivity contribution in [3.8, 4) is 0 Å². The number of hydrogen-bond donors (Lipinski definition) is 1. The maximum absolute atomic E-state index is 11.7. The number of benzene rings is 1. The first-order valence-corrected chi connectivity index (χ1v) is 6.00. The molecule has 0 saturated carbocycles. The molecule has 19 heavy (non-hydrogen) atoms. The van der Waals surface area contributed by atoms with Crippen molar-refractivity contribution in [2.24, 2.45) is 0 Å². The fraction of sp³-hybridized carbons (Fsp3) is 0.250. The summed E-state index contributed by atoms with van der Waals surface area (Å²) in [5.74, 6) is -0.767. The van der Waals surface area contributed by atoms with Crippen molar-refractivity contribution in [2.45, 2.75) is 13.1 Å². The predicted octanol–water partition coefficient (Wildman–Crippen LogP) is 3.38. The molecule has 0 bridgehead atoms. The second-order valence-electron chi connectivity index (χ2n) is 3.73. The molecule has 1 amide bonds. The third-order valence-corrected chi connectivity index (χ3v) is 2.67. The average Bonchev–Trinajstić information content (AvgIpc) is 2.26. The van der Waals surface area contributed by atoms with Crippen molar-refractivity contribution in [1.29, 1.82) is 0 Å². The molecule has 1 aromatic carbocycles. The Morgan fingerprint density at radius 3 is 2.74 bits per heavy atom. The Kier molecular flexibility index (Phi) is 5.56. The molecule has 1 N–H and O–H groups in total. The van der Waals surface area contributed by atoms with E-state index in [0.29, 0.717) is 0 Å². The number of halogens is 4. The summed E-state index contributed by atoms with van der Waals surface area (Å²) in [6, 6.07) is 5.49. The van der Waals surface area contributed by atoms with Crippen LogP contribution in [0.4, 0.5) is 13.2 Å². The lowest BCUT2D eigenvalue weighted by molar-refractivity contribution is -0.190. The van der Waals surface area contributed by atoms with E-state index in [9.17, 15) is 18.0 Å². The Morgan fingerprint density at radius 1 is 1.47 bits per heavy atom. The van der Waals surface area contributed by atoms with Gasteiger partial charge in [0.15, 0.2) is 6.61 Å². The van der Waals surface area contributed by atoms with Gasteiger partial charge in [0.2, 0.25) is 0 Å². The third-order valence-electron chi connectivity index (χ3n) is 1.98. The van der Waals surface area contributed by atoms with Crippen LogP contribution in [0.15, 0.2) is 28.7 Å². The van der Waals surface area contributed by atoms with Gasteiger partial charge in [0.05, 0.1) is 0 Å². The summed E-state index contributed by atoms with van der Waals surface area (Å²) >= 11 is 3.31. The van der Waals surface area contributed by atoms with E-state index in [0.717, 1.165) is 21.7 Å². The zero-order valence-corrected chi connectivity index (χ0v) is 11.5. The van der Waals surface area contributed by atoms with Crippen LogP contribution >= 0.6 is 15.9 Å². The van der Waals surface area contributed by atoms with Crippen LogP contribution in [0.1, 0.15) is 11.1 Å². The average molecular weight is 338 g/mol. The highest BCUT2D eigenvalue weighted by Gasteiger charge is 2.28. The molecule has 3 nitrogen and oxygen atoms in total. The van der Waals surface area contributed by atoms with Crippen LogP contribution in [0.2, 0.25) is 0 Å². The predicted molar refractivity (Wildman–Crippen MR) is 68.1 cm³/mol. The molecule has 0 heterocycles. The summed E-state index contributed by atoms with van der Waals surface area (Å²) in [6.07, 6.45) is -1.92. The molecule has 0 aliphatic carbocycles. The van der Waals surface area contributed by atoms with Gasteiger partial charge >= 0.3 is 6.18 Å². The van der Waals surface area contributed by atoms with Gasteiger partial charge in [-0.2, -0.15) is 13.2 Å². The van der Waals surface area contributed by atoms with Crippen LogP contribution in [0.3, 0.4) is 0 Å². The van der Waals surface area contributed by atoms with Crippen molar-refractivity contribution in [3.05, 3.63) is 39.9 Å². The van der Waals surface area contributed by atoms with E-state index >= 15 is 0 Å². The molecule has 0 spiro atoms. The number of aryl methyl sites for hydroxylation is 1. The van der Waals surface area contributed by atoms with Crippen LogP contribution in [0, 0.1) is 6.92 Å². The molecule has 0 aliphatic rings. The van der Waals surface area contributed by atoms with Gasteiger partial charge in [-0.1, -0.05) is 28.1 Å². The highest BCUT2D eigenvalue weighted by atomic mass is 79.9. The minimum atomic E-state index is -4.48. The molecule has 104 valence electrons. The number of carbonyl (C=O) groups excluding carboxylic acids is 1. The molecule has 0 radical (unpaired) electrons. The molecule has 0 fully saturated rings. The first kappa shape index (κ1) is 15.7. The molecular weight excluding hydrogens is 327 g/mol. The Hall–Kier alpha value is -1.34. The maximum atomic E-state index is 11.7. The molecule has 1 rings (SSSR count). The summed E-state index contributed by atoms with van der Waals surface area (Å²) in [7, 11) is 0. The normalized spacial score (nSPS) is 11.8. The monoisotopic (exact) mass is 337 g/mol. The second kappa shape index (κ2) is 6.72. The number of nitrogens with one attached hydrogen (secondary N) is 1. The molecule has 7 heteroatoms. The van der Waals surface area contributed by atoms with Gasteiger partial charge in [0.25, 0.3) is 5.91 Å². The van der Waals surface area contributed by atoms with E-state index in [1.807, 2.05) is 19.1 Å². The Labute approximate surface area is 116 Å². The largest absolute Gasteiger partial charge is 0.414 e. The lowest BCUT2D eigenvalue weighted by atomic mass is 10.1. The number of carbonyl (C=O) groups is 1. The van der Waals surface area contributed by atoms with Gasteiger partial charge < -0.3 is 0 Å². The minimum absolute atomic E-state index is 0.733. The molecular formula is C12H11BrF3NO2. The highest BCUT2D eigenvalue weighted by Crippen LogP contribution is 2.19. The number of hydroxylamine groups is 1. The molecule has 0 aliphatic heterocycles. The van der Waals surface area contributed by atoms with Crippen LogP contribution in [0.5, 0.6) is 0 Å². The van der Waals surface area contributed by atoms with E-state index in [4.69, 9.17) is 0 Å². The molecule has 1 aromatic rings. The van der Waals surface area contributed by atoms with Crippen molar-refractivity contribution in [3.63, 3.8) is 0 Å². The SMILES string of the molecule is Cc1ccc(/C=C/C(=O)NOCC(F)(F)F)c(Br)c1. The summed E-state index contributed by atoms with van der Waals surface area (Å²) < 4.78 is 36.0. The van der Waals surface area contributed by atoms with Gasteiger partial charge in [-0.15, -0.1) is 0 Å². The Morgan fingerprint density at radius 2 is 2.16 bits per heavy atom. The summed E-state index contributed by atoms with van der Waals surface area (Å²) in [4.78, 5) is 15.2. The number of rotatable bonds is 4. The van der Waals surface area contributed by atoms with Crippen molar-refractivity contribution in [1.82, 2.24) is 5.48 Å². The van der Waals surface area contributed by atoms with E-state index < -0.39 is 18.7 Å². The first-order valence-electron chi connectivity index (χ1n) is 5.21. The van der Waals surface area contributed by atoms with Crippen molar-refractivity contribution >= 4 is 27.9 Å². The van der Waals surface area contributed by atoms with Gasteiger partial charge in [-0.05, 0) is 30.2 Å². The van der Waals surface area contributed by atoms with E-state index in [-0.39, 0.29) is 0 Å². The van der Waals surface area contributed by atoms with Gasteiger partial charge in [-0.25, -0.2) is 5.48 Å². The number of amides is 1. The zero-order valence-electron chi connectivity index (χ0n) is 9.92. The fourth-order valence-corrected chi connectivity index (χ4v) is 1.78. The number of hydrogen-bond acceptors (Lipinski definition) is 2. The number of alkyl halides is 3. The van der Waals surface area contributed by atoms with Gasteiger partial charge in [0.1, 0.15) is 0 Å². The first-order chi connectivity index (χ1) is 8.78. The van der Waals surface area contributed by atoms with E-state index in [1.165, 1.54) is 6.08 Å². The Bertz CT molecular complexity index is 486. The maximum Gasteiger partial charge on any atom is 0.414 e. The third kappa shape index (κ3) is 6.40. The second-order valence-corrected chi connectivity index (χ2v) is 4.58. The minimum Gasteiger partial charge on any atom is -0.268 e. The van der Waals surface area contributed by atoms with Gasteiger partial charge in [0, 0.05) is 10.5 Å². The summed E-state index contributed by atoms with van der Waals surface area (Å²) in [5.41, 5.74) is 3.46. The lowest BCUT2D eigenvalue weighted by Crippen LogP contribution is -2.28. The van der Waals surface area contributed by atoms with Crippen LogP contribution in [-0.4, -0.2) is 18.7 Å². The summed E-state index contributed by atoms with van der Waals surface area (Å²) in [6.45, 7) is 0.386. The molecule has 0 aromatic heterocycles. The molecule has 0 atom stereocenters. The summed E-state index contributed by atoms with van der Waals surface area (Å²) in [5, 5.41) is 0. The standard InChI is InChI=1S/C12H11BrF3NO2/c1-8-2-3-9(10(13)6-8)4-5-11(18)17-19-7-12(14,15)16/h2-6H,7H2,1H3,(H,17,18)/b5-4+. The van der Waals surface area contributed by atoms with Gasteiger partial charge in [-0.3, -0.25) is 9.63 Å². The van der Waals surface area contributed by atoms with Crippen LogP contribution in [-0.2, 0) is 9.63 Å². The van der Waals surface area contributed by atoms with E-state index in [2.05, 4.69) is 20.8 Å². The van der Waals surface area contributed by atoms with Crippen molar-refractivity contribution in [2.75, 3.05) is 6.61 Å². The highest BCUT2D eigenvalue weighted by molar-refractivity contribution is 9.10. The van der Waals surface area contributed by atoms with Crippen LogP contribution < -0.4 is 5.48 Å².